The molecule has 1 fully saturated rings. The first-order valence-electron chi connectivity index (χ1n) is 6.97. The average molecular weight is 297 g/mol. The third kappa shape index (κ3) is 2.48. The van der Waals surface area contributed by atoms with Crippen LogP contribution < -0.4 is 0 Å². The SMILES string of the molecule is CCCC1CC1n1c(CCCl)nc2cc(Cl)ccc21. The van der Waals surface area contributed by atoms with Crippen LogP contribution in [0.4, 0.5) is 0 Å². The van der Waals surface area contributed by atoms with Crippen LogP contribution in [-0.4, -0.2) is 15.4 Å². The normalized spacial score (nSPS) is 22.1. The fraction of sp³-hybridized carbons (Fsp3) is 0.533. The van der Waals surface area contributed by atoms with E-state index in [1.807, 2.05) is 12.1 Å². The van der Waals surface area contributed by atoms with Gasteiger partial charge in [-0.2, -0.15) is 0 Å². The van der Waals surface area contributed by atoms with Crippen molar-refractivity contribution in [2.75, 3.05) is 5.88 Å². The Labute approximate surface area is 123 Å². The lowest BCUT2D eigenvalue weighted by molar-refractivity contribution is 0.600. The fourth-order valence-corrected chi connectivity index (χ4v) is 3.32. The minimum atomic E-state index is 0.613. The Morgan fingerprint density at radius 1 is 1.42 bits per heavy atom. The highest BCUT2D eigenvalue weighted by atomic mass is 35.5. The van der Waals surface area contributed by atoms with Crippen molar-refractivity contribution in [1.82, 2.24) is 9.55 Å². The predicted octanol–water partition coefficient (Wildman–Crippen LogP) is 4.83. The lowest BCUT2D eigenvalue weighted by Crippen LogP contribution is -2.04. The number of hydrogen-bond acceptors (Lipinski definition) is 1. The van der Waals surface area contributed by atoms with Crippen LogP contribution in [0.5, 0.6) is 0 Å². The number of benzene rings is 1. The molecule has 102 valence electrons. The Morgan fingerprint density at radius 2 is 2.26 bits per heavy atom. The average Bonchev–Trinajstić information content (AvgIpc) is 3.03. The molecule has 2 nitrogen and oxygen atoms in total. The van der Waals surface area contributed by atoms with Crippen molar-refractivity contribution in [2.45, 2.75) is 38.6 Å². The van der Waals surface area contributed by atoms with Gasteiger partial charge < -0.3 is 4.57 Å². The van der Waals surface area contributed by atoms with Crippen LogP contribution in [0.15, 0.2) is 18.2 Å². The quantitative estimate of drug-likeness (QED) is 0.723. The first-order valence-corrected chi connectivity index (χ1v) is 7.88. The lowest BCUT2D eigenvalue weighted by atomic mass is 10.2. The summed E-state index contributed by atoms with van der Waals surface area (Å²) in [5, 5.41) is 0.746. The van der Waals surface area contributed by atoms with Gasteiger partial charge in [-0.1, -0.05) is 24.9 Å². The molecule has 2 aromatic rings. The van der Waals surface area contributed by atoms with Gasteiger partial charge in [-0.15, -0.1) is 11.6 Å². The summed E-state index contributed by atoms with van der Waals surface area (Å²) in [4.78, 5) is 4.71. The maximum absolute atomic E-state index is 6.06. The highest BCUT2D eigenvalue weighted by Crippen LogP contribution is 2.48. The second kappa shape index (κ2) is 5.34. The molecular weight excluding hydrogens is 279 g/mol. The molecule has 1 aliphatic rings. The lowest BCUT2D eigenvalue weighted by Gasteiger charge is -2.08. The molecule has 3 rings (SSSR count). The number of aromatic nitrogens is 2. The molecule has 2 unspecified atom stereocenters. The van der Waals surface area contributed by atoms with Gasteiger partial charge in [0.25, 0.3) is 0 Å². The van der Waals surface area contributed by atoms with Gasteiger partial charge in [0.1, 0.15) is 5.82 Å². The third-order valence-corrected chi connectivity index (χ3v) is 4.34. The zero-order chi connectivity index (χ0) is 13.4. The van der Waals surface area contributed by atoms with Crippen molar-refractivity contribution in [3.8, 4) is 0 Å². The number of nitrogens with zero attached hydrogens (tertiary/aromatic N) is 2. The van der Waals surface area contributed by atoms with Gasteiger partial charge in [0.05, 0.1) is 11.0 Å². The smallest absolute Gasteiger partial charge is 0.111 e. The summed E-state index contributed by atoms with van der Waals surface area (Å²) in [5.74, 6) is 2.53. The van der Waals surface area contributed by atoms with Gasteiger partial charge in [0.15, 0.2) is 0 Å². The molecule has 0 N–H and O–H groups in total. The molecule has 1 aliphatic carbocycles. The topological polar surface area (TPSA) is 17.8 Å². The van der Waals surface area contributed by atoms with Gasteiger partial charge in [-0.3, -0.25) is 0 Å². The summed E-state index contributed by atoms with van der Waals surface area (Å²) in [6.45, 7) is 2.25. The van der Waals surface area contributed by atoms with Crippen molar-refractivity contribution in [2.24, 2.45) is 5.92 Å². The number of fused-ring (bicyclic) bond motifs is 1. The first kappa shape index (κ1) is 13.3. The van der Waals surface area contributed by atoms with Gasteiger partial charge >= 0.3 is 0 Å². The van der Waals surface area contributed by atoms with E-state index in [0.29, 0.717) is 11.9 Å². The summed E-state index contributed by atoms with van der Waals surface area (Å²) in [6.07, 6.45) is 4.66. The molecule has 4 heteroatoms. The zero-order valence-electron chi connectivity index (χ0n) is 11.1. The molecule has 19 heavy (non-hydrogen) atoms. The highest BCUT2D eigenvalue weighted by molar-refractivity contribution is 6.31. The standard InChI is InChI=1S/C15H18Cl2N2/c1-2-3-10-8-14(10)19-13-5-4-11(17)9-12(13)18-15(19)6-7-16/h4-5,9-10,14H,2-3,6-8H2,1H3. The van der Waals surface area contributed by atoms with E-state index in [1.165, 1.54) is 24.8 Å². The number of halogens is 2. The van der Waals surface area contributed by atoms with Crippen LogP contribution in [0.2, 0.25) is 5.02 Å². The second-order valence-corrected chi connectivity index (χ2v) is 6.14. The maximum atomic E-state index is 6.06. The Kier molecular flexibility index (Phi) is 3.72. The molecule has 1 saturated carbocycles. The van der Waals surface area contributed by atoms with E-state index in [-0.39, 0.29) is 0 Å². The molecule has 1 aromatic carbocycles. The van der Waals surface area contributed by atoms with Gasteiger partial charge in [-0.05, 0) is 37.0 Å². The molecular formula is C15H18Cl2N2. The van der Waals surface area contributed by atoms with E-state index in [1.54, 1.807) is 0 Å². The van der Waals surface area contributed by atoms with Crippen LogP contribution >= 0.6 is 23.2 Å². The fourth-order valence-electron chi connectivity index (χ4n) is 2.98. The van der Waals surface area contributed by atoms with Crippen molar-refractivity contribution >= 4 is 34.2 Å². The van der Waals surface area contributed by atoms with E-state index in [4.69, 9.17) is 28.2 Å². The molecule has 1 aromatic heterocycles. The van der Waals surface area contributed by atoms with Crippen LogP contribution in [0.1, 0.15) is 38.1 Å². The van der Waals surface area contributed by atoms with E-state index in [0.717, 1.165) is 28.7 Å². The van der Waals surface area contributed by atoms with Gasteiger partial charge in [0.2, 0.25) is 0 Å². The molecule has 1 heterocycles. The van der Waals surface area contributed by atoms with Crippen LogP contribution in [0, 0.1) is 5.92 Å². The minimum absolute atomic E-state index is 0.613. The summed E-state index contributed by atoms with van der Waals surface area (Å²) in [6, 6.07) is 6.60. The minimum Gasteiger partial charge on any atom is -0.325 e. The van der Waals surface area contributed by atoms with E-state index in [2.05, 4.69) is 17.6 Å². The second-order valence-electron chi connectivity index (χ2n) is 5.32. The molecule has 0 aliphatic heterocycles. The Bertz CT molecular complexity index is 591. The number of alkyl halides is 1. The molecule has 0 bridgehead atoms. The molecule has 0 spiro atoms. The van der Waals surface area contributed by atoms with Crippen LogP contribution in [-0.2, 0) is 6.42 Å². The largest absolute Gasteiger partial charge is 0.325 e. The number of rotatable bonds is 5. The van der Waals surface area contributed by atoms with Crippen molar-refractivity contribution in [1.29, 1.82) is 0 Å². The summed E-state index contributed by atoms with van der Waals surface area (Å²) >= 11 is 12.0. The van der Waals surface area contributed by atoms with Crippen LogP contribution in [0.25, 0.3) is 11.0 Å². The molecule has 0 saturated heterocycles. The maximum Gasteiger partial charge on any atom is 0.111 e. The van der Waals surface area contributed by atoms with E-state index >= 15 is 0 Å². The molecule has 0 radical (unpaired) electrons. The van der Waals surface area contributed by atoms with Crippen LogP contribution in [0.3, 0.4) is 0 Å². The van der Waals surface area contributed by atoms with Gasteiger partial charge in [0, 0.05) is 23.4 Å². The summed E-state index contributed by atoms with van der Waals surface area (Å²) < 4.78 is 2.40. The third-order valence-electron chi connectivity index (χ3n) is 3.92. The Hall–Kier alpha value is -0.730. The summed E-state index contributed by atoms with van der Waals surface area (Å²) in [5.41, 5.74) is 2.20. The van der Waals surface area contributed by atoms with Gasteiger partial charge in [-0.25, -0.2) is 4.98 Å². The number of hydrogen-bond donors (Lipinski definition) is 0. The molecule has 2 atom stereocenters. The van der Waals surface area contributed by atoms with E-state index < -0.39 is 0 Å². The molecule has 0 amide bonds. The zero-order valence-corrected chi connectivity index (χ0v) is 12.6. The summed E-state index contributed by atoms with van der Waals surface area (Å²) in [7, 11) is 0. The number of imidazole rings is 1. The Balaban J connectivity index is 2.02. The van der Waals surface area contributed by atoms with Crippen molar-refractivity contribution < 1.29 is 0 Å². The number of aryl methyl sites for hydroxylation is 1. The first-order chi connectivity index (χ1) is 9.24. The highest BCUT2D eigenvalue weighted by Gasteiger charge is 2.39. The predicted molar refractivity (Wildman–Crippen MR) is 81.2 cm³/mol. The van der Waals surface area contributed by atoms with E-state index in [9.17, 15) is 0 Å². The Morgan fingerprint density at radius 3 is 3.00 bits per heavy atom. The monoisotopic (exact) mass is 296 g/mol. The van der Waals surface area contributed by atoms with Crippen molar-refractivity contribution in [3.05, 3.63) is 29.0 Å². The van der Waals surface area contributed by atoms with Crippen molar-refractivity contribution in [3.63, 3.8) is 0 Å².